The first-order valence-corrected chi connectivity index (χ1v) is 3.58. The smallest absolute Gasteiger partial charge is 0.232 e. The SMILES string of the molecule is Cl.Cl.c1cnc(OC2CNC2)cn1. The molecule has 74 valence electrons. The Labute approximate surface area is 88.9 Å². The van der Waals surface area contributed by atoms with Gasteiger partial charge in [0.2, 0.25) is 5.88 Å². The highest BCUT2D eigenvalue weighted by Crippen LogP contribution is 2.06. The number of halogens is 2. The number of nitrogens with one attached hydrogen (secondary N) is 1. The number of nitrogens with zero attached hydrogens (tertiary/aromatic N) is 2. The van der Waals surface area contributed by atoms with E-state index in [1.165, 1.54) is 0 Å². The van der Waals surface area contributed by atoms with E-state index in [0.717, 1.165) is 13.1 Å². The van der Waals surface area contributed by atoms with Gasteiger partial charge in [-0.05, 0) is 0 Å². The van der Waals surface area contributed by atoms with E-state index in [1.807, 2.05) is 0 Å². The summed E-state index contributed by atoms with van der Waals surface area (Å²) in [5, 5.41) is 3.11. The van der Waals surface area contributed by atoms with Gasteiger partial charge in [0, 0.05) is 25.5 Å². The van der Waals surface area contributed by atoms with Crippen LogP contribution in [0.1, 0.15) is 0 Å². The van der Waals surface area contributed by atoms with Crippen molar-refractivity contribution in [3.05, 3.63) is 18.6 Å². The van der Waals surface area contributed by atoms with Crippen LogP contribution in [0.4, 0.5) is 0 Å². The summed E-state index contributed by atoms with van der Waals surface area (Å²) in [5.41, 5.74) is 0. The van der Waals surface area contributed by atoms with Crippen LogP contribution in [0.5, 0.6) is 5.88 Å². The average Bonchev–Trinajstić information content (AvgIpc) is 1.99. The van der Waals surface area contributed by atoms with Crippen molar-refractivity contribution < 1.29 is 4.74 Å². The molecule has 0 aliphatic carbocycles. The molecular formula is C7H11Cl2N3O. The van der Waals surface area contributed by atoms with Gasteiger partial charge in [0.1, 0.15) is 6.10 Å². The van der Waals surface area contributed by atoms with Crippen LogP contribution < -0.4 is 10.1 Å². The van der Waals surface area contributed by atoms with Crippen molar-refractivity contribution in [2.45, 2.75) is 6.10 Å². The number of ether oxygens (including phenoxy) is 1. The molecular weight excluding hydrogens is 213 g/mol. The van der Waals surface area contributed by atoms with Gasteiger partial charge < -0.3 is 10.1 Å². The maximum Gasteiger partial charge on any atom is 0.232 e. The number of rotatable bonds is 2. The Balaban J connectivity index is 0.000000720. The monoisotopic (exact) mass is 223 g/mol. The van der Waals surface area contributed by atoms with Gasteiger partial charge in [-0.25, -0.2) is 4.98 Å². The van der Waals surface area contributed by atoms with Crippen molar-refractivity contribution in [3.8, 4) is 5.88 Å². The Bertz CT molecular complexity index is 230. The quantitative estimate of drug-likeness (QED) is 0.802. The highest BCUT2D eigenvalue weighted by atomic mass is 35.5. The van der Waals surface area contributed by atoms with Crippen LogP contribution >= 0.6 is 24.8 Å². The van der Waals surface area contributed by atoms with E-state index in [2.05, 4.69) is 15.3 Å². The molecule has 13 heavy (non-hydrogen) atoms. The van der Waals surface area contributed by atoms with Crippen molar-refractivity contribution in [2.75, 3.05) is 13.1 Å². The minimum Gasteiger partial charge on any atom is -0.471 e. The maximum atomic E-state index is 5.41. The first kappa shape index (κ1) is 12.4. The van der Waals surface area contributed by atoms with Gasteiger partial charge in [-0.1, -0.05) is 0 Å². The van der Waals surface area contributed by atoms with Crippen LogP contribution in [0, 0.1) is 0 Å². The molecule has 1 fully saturated rings. The zero-order valence-corrected chi connectivity index (χ0v) is 8.48. The lowest BCUT2D eigenvalue weighted by Gasteiger charge is -2.26. The fraction of sp³-hybridized carbons (Fsp3) is 0.429. The second kappa shape index (κ2) is 5.96. The highest BCUT2D eigenvalue weighted by Gasteiger charge is 2.18. The summed E-state index contributed by atoms with van der Waals surface area (Å²) < 4.78 is 5.41. The number of hydrogen-bond donors (Lipinski definition) is 1. The lowest BCUT2D eigenvalue weighted by atomic mass is 10.2. The molecule has 1 aromatic heterocycles. The van der Waals surface area contributed by atoms with Crippen molar-refractivity contribution >= 4 is 24.8 Å². The van der Waals surface area contributed by atoms with Crippen molar-refractivity contribution in [2.24, 2.45) is 0 Å². The summed E-state index contributed by atoms with van der Waals surface area (Å²) in [6.07, 6.45) is 5.16. The lowest BCUT2D eigenvalue weighted by Crippen LogP contribution is -2.50. The van der Waals surface area contributed by atoms with Gasteiger partial charge in [-0.15, -0.1) is 24.8 Å². The third kappa shape index (κ3) is 3.34. The van der Waals surface area contributed by atoms with E-state index in [0.29, 0.717) is 5.88 Å². The number of aromatic nitrogens is 2. The summed E-state index contributed by atoms with van der Waals surface area (Å²) in [7, 11) is 0. The van der Waals surface area contributed by atoms with Gasteiger partial charge in [0.05, 0.1) is 6.20 Å². The molecule has 2 heterocycles. The molecule has 0 aromatic carbocycles. The topological polar surface area (TPSA) is 47.0 Å². The molecule has 0 unspecified atom stereocenters. The molecule has 4 nitrogen and oxygen atoms in total. The second-order valence-corrected chi connectivity index (χ2v) is 2.44. The van der Waals surface area contributed by atoms with Gasteiger partial charge in [-0.3, -0.25) is 4.98 Å². The molecule has 6 heteroatoms. The van der Waals surface area contributed by atoms with E-state index in [-0.39, 0.29) is 30.9 Å². The molecule has 0 radical (unpaired) electrons. The van der Waals surface area contributed by atoms with Gasteiger partial charge in [0.15, 0.2) is 0 Å². The first-order chi connectivity index (χ1) is 5.45. The van der Waals surface area contributed by atoms with Gasteiger partial charge in [0.25, 0.3) is 0 Å². The molecule has 0 bridgehead atoms. The Morgan fingerprint density at radius 3 is 2.54 bits per heavy atom. The van der Waals surface area contributed by atoms with E-state index in [1.54, 1.807) is 18.6 Å². The standard InChI is InChI=1S/C7H9N3O.2ClH/c1-2-10-7(5-8-1)11-6-3-9-4-6;;/h1-2,5-6,9H,3-4H2;2*1H. The van der Waals surface area contributed by atoms with Crippen LogP contribution in [0.15, 0.2) is 18.6 Å². The Morgan fingerprint density at radius 2 is 2.08 bits per heavy atom. The molecule has 1 N–H and O–H groups in total. The van der Waals surface area contributed by atoms with Gasteiger partial charge >= 0.3 is 0 Å². The Morgan fingerprint density at radius 1 is 1.31 bits per heavy atom. The summed E-state index contributed by atoms with van der Waals surface area (Å²) in [5.74, 6) is 0.610. The minimum absolute atomic E-state index is 0. The molecule has 1 saturated heterocycles. The summed E-state index contributed by atoms with van der Waals surface area (Å²) >= 11 is 0. The predicted octanol–water partition coefficient (Wildman–Crippen LogP) is 0.671. The van der Waals surface area contributed by atoms with Crippen LogP contribution in [-0.2, 0) is 0 Å². The molecule has 0 saturated carbocycles. The summed E-state index contributed by atoms with van der Waals surface area (Å²) in [4.78, 5) is 7.88. The molecule has 0 atom stereocenters. The zero-order valence-electron chi connectivity index (χ0n) is 6.84. The first-order valence-electron chi connectivity index (χ1n) is 3.58. The third-order valence-electron chi connectivity index (χ3n) is 1.57. The van der Waals surface area contributed by atoms with E-state index in [9.17, 15) is 0 Å². The molecule has 2 rings (SSSR count). The highest BCUT2D eigenvalue weighted by molar-refractivity contribution is 5.85. The molecule has 1 aliphatic rings. The van der Waals surface area contributed by atoms with Crippen molar-refractivity contribution in [3.63, 3.8) is 0 Å². The minimum atomic E-state index is 0. The fourth-order valence-electron chi connectivity index (χ4n) is 0.863. The zero-order chi connectivity index (χ0) is 7.52. The largest absolute Gasteiger partial charge is 0.471 e. The molecule has 1 aliphatic heterocycles. The van der Waals surface area contributed by atoms with E-state index in [4.69, 9.17) is 4.74 Å². The van der Waals surface area contributed by atoms with E-state index >= 15 is 0 Å². The van der Waals surface area contributed by atoms with E-state index < -0.39 is 0 Å². The number of hydrogen-bond acceptors (Lipinski definition) is 4. The lowest BCUT2D eigenvalue weighted by molar-refractivity contribution is 0.135. The van der Waals surface area contributed by atoms with Crippen molar-refractivity contribution in [1.29, 1.82) is 0 Å². The maximum absolute atomic E-state index is 5.41. The van der Waals surface area contributed by atoms with Crippen LogP contribution in [0.3, 0.4) is 0 Å². The predicted molar refractivity (Wildman–Crippen MR) is 53.8 cm³/mol. The second-order valence-electron chi connectivity index (χ2n) is 2.44. The molecule has 1 aromatic rings. The Kier molecular flexibility index (Phi) is 5.70. The fourth-order valence-corrected chi connectivity index (χ4v) is 0.863. The van der Waals surface area contributed by atoms with Crippen LogP contribution in [0.2, 0.25) is 0 Å². The normalized spacial score (nSPS) is 14.8. The Hall–Kier alpha value is -0.580. The van der Waals surface area contributed by atoms with Crippen molar-refractivity contribution in [1.82, 2.24) is 15.3 Å². The average molecular weight is 224 g/mol. The van der Waals surface area contributed by atoms with Crippen LogP contribution in [-0.4, -0.2) is 29.2 Å². The summed E-state index contributed by atoms with van der Waals surface area (Å²) in [6.45, 7) is 1.83. The summed E-state index contributed by atoms with van der Waals surface area (Å²) in [6, 6.07) is 0. The van der Waals surface area contributed by atoms with Gasteiger partial charge in [-0.2, -0.15) is 0 Å². The molecule has 0 spiro atoms. The van der Waals surface area contributed by atoms with Crippen LogP contribution in [0.25, 0.3) is 0 Å². The molecule has 0 amide bonds. The third-order valence-corrected chi connectivity index (χ3v) is 1.57.